The van der Waals surface area contributed by atoms with Gasteiger partial charge in [0.05, 0.1) is 10.7 Å². The Labute approximate surface area is 91.0 Å². The molecule has 0 heterocycles. The van der Waals surface area contributed by atoms with Crippen LogP contribution in [0.15, 0.2) is 12.1 Å². The Morgan fingerprint density at radius 2 is 2.23 bits per heavy atom. The highest BCUT2D eigenvalue weighted by Gasteiger charge is 2.07. The Morgan fingerprint density at radius 1 is 1.54 bits per heavy atom. The third-order valence-corrected chi connectivity index (χ3v) is 2.56. The maximum Gasteiger partial charge on any atom is 0.171 e. The molecule has 3 N–H and O–H groups in total. The van der Waals surface area contributed by atoms with Crippen molar-refractivity contribution in [1.82, 2.24) is 0 Å². The molecular weight excluding hydrogens is 281 g/mol. The Balaban J connectivity index is 3.06. The van der Waals surface area contributed by atoms with Crippen LogP contribution < -0.4 is 10.5 Å². The van der Waals surface area contributed by atoms with Gasteiger partial charge in [-0.15, -0.1) is 0 Å². The largest absolute Gasteiger partial charge is 0.504 e. The van der Waals surface area contributed by atoms with Crippen LogP contribution in [0.1, 0.15) is 5.56 Å². The summed E-state index contributed by atoms with van der Waals surface area (Å²) >= 11 is 2.07. The SMILES string of the molecule is COc1cc(CCN)cc(I)c1O. The summed E-state index contributed by atoms with van der Waals surface area (Å²) in [6.07, 6.45) is 0.798. The van der Waals surface area contributed by atoms with E-state index in [9.17, 15) is 5.11 Å². The minimum atomic E-state index is 0.198. The molecular formula is C9H12INO2. The molecule has 0 unspecified atom stereocenters. The fourth-order valence-corrected chi connectivity index (χ4v) is 1.76. The Hall–Kier alpha value is -0.490. The molecule has 0 atom stereocenters. The number of hydrogen-bond acceptors (Lipinski definition) is 3. The molecule has 1 rings (SSSR count). The number of nitrogens with two attached hydrogens (primary N) is 1. The smallest absolute Gasteiger partial charge is 0.171 e. The van der Waals surface area contributed by atoms with Crippen molar-refractivity contribution in [3.8, 4) is 11.5 Å². The molecule has 13 heavy (non-hydrogen) atoms. The standard InChI is InChI=1S/C9H12INO2/c1-13-8-5-6(2-3-11)4-7(10)9(8)12/h4-5,12H,2-3,11H2,1H3. The molecule has 0 saturated heterocycles. The highest BCUT2D eigenvalue weighted by molar-refractivity contribution is 14.1. The van der Waals surface area contributed by atoms with Crippen LogP contribution in [0, 0.1) is 3.57 Å². The lowest BCUT2D eigenvalue weighted by molar-refractivity contribution is 0.371. The van der Waals surface area contributed by atoms with Gasteiger partial charge in [-0.3, -0.25) is 0 Å². The number of rotatable bonds is 3. The maximum atomic E-state index is 9.53. The molecule has 0 fully saturated rings. The number of ether oxygens (including phenoxy) is 1. The third-order valence-electron chi connectivity index (χ3n) is 1.74. The van der Waals surface area contributed by atoms with E-state index in [4.69, 9.17) is 10.5 Å². The van der Waals surface area contributed by atoms with E-state index in [1.54, 1.807) is 0 Å². The van der Waals surface area contributed by atoms with Gasteiger partial charge in [-0.05, 0) is 53.3 Å². The third kappa shape index (κ3) is 2.47. The molecule has 1 aromatic rings. The molecule has 3 nitrogen and oxygen atoms in total. The molecule has 4 heteroatoms. The van der Waals surface area contributed by atoms with Crippen LogP contribution >= 0.6 is 22.6 Å². The number of hydrogen-bond donors (Lipinski definition) is 2. The van der Waals surface area contributed by atoms with Crippen LogP contribution in [0.2, 0.25) is 0 Å². The summed E-state index contributed by atoms with van der Waals surface area (Å²) in [4.78, 5) is 0. The first-order chi connectivity index (χ1) is 6.19. The van der Waals surface area contributed by atoms with E-state index in [1.165, 1.54) is 7.11 Å². The number of benzene rings is 1. The van der Waals surface area contributed by atoms with E-state index in [1.807, 2.05) is 12.1 Å². The fourth-order valence-electron chi connectivity index (χ4n) is 1.09. The highest BCUT2D eigenvalue weighted by Crippen LogP contribution is 2.32. The highest BCUT2D eigenvalue weighted by atomic mass is 127. The molecule has 0 spiro atoms. The number of halogens is 1. The first kappa shape index (κ1) is 10.6. The Morgan fingerprint density at radius 3 is 2.77 bits per heavy atom. The average molecular weight is 293 g/mol. The molecule has 0 aliphatic heterocycles. The summed E-state index contributed by atoms with van der Waals surface area (Å²) in [5, 5.41) is 9.53. The fraction of sp³-hybridized carbons (Fsp3) is 0.333. The van der Waals surface area contributed by atoms with Gasteiger partial charge in [-0.2, -0.15) is 0 Å². The average Bonchev–Trinajstić information content (AvgIpc) is 2.11. The van der Waals surface area contributed by atoms with E-state index >= 15 is 0 Å². The topological polar surface area (TPSA) is 55.5 Å². The normalized spacial score (nSPS) is 10.1. The Kier molecular flexibility index (Phi) is 3.80. The summed E-state index contributed by atoms with van der Waals surface area (Å²) in [6, 6.07) is 3.72. The van der Waals surface area contributed by atoms with Gasteiger partial charge in [0.15, 0.2) is 11.5 Å². The lowest BCUT2D eigenvalue weighted by Crippen LogP contribution is -2.03. The van der Waals surface area contributed by atoms with Crippen molar-refractivity contribution in [1.29, 1.82) is 0 Å². The maximum absolute atomic E-state index is 9.53. The molecule has 0 aliphatic carbocycles. The zero-order valence-electron chi connectivity index (χ0n) is 7.38. The second-order valence-corrected chi connectivity index (χ2v) is 3.83. The molecule has 0 aromatic heterocycles. The van der Waals surface area contributed by atoms with Gasteiger partial charge < -0.3 is 15.6 Å². The van der Waals surface area contributed by atoms with Gasteiger partial charge in [0.2, 0.25) is 0 Å². The van der Waals surface area contributed by atoms with E-state index in [0.29, 0.717) is 12.3 Å². The van der Waals surface area contributed by atoms with Crippen molar-refractivity contribution in [2.45, 2.75) is 6.42 Å². The Bertz CT molecular complexity index is 302. The lowest BCUT2D eigenvalue weighted by atomic mass is 10.1. The van der Waals surface area contributed by atoms with Crippen molar-refractivity contribution >= 4 is 22.6 Å². The minimum Gasteiger partial charge on any atom is -0.504 e. The van der Waals surface area contributed by atoms with Gasteiger partial charge in [0.25, 0.3) is 0 Å². The summed E-state index contributed by atoms with van der Waals surface area (Å²) in [6.45, 7) is 0.601. The van der Waals surface area contributed by atoms with E-state index in [0.717, 1.165) is 15.6 Å². The molecule has 1 aromatic carbocycles. The first-order valence-electron chi connectivity index (χ1n) is 3.94. The number of phenolic OH excluding ortho intramolecular Hbond substituents is 1. The lowest BCUT2D eigenvalue weighted by Gasteiger charge is -2.07. The van der Waals surface area contributed by atoms with Gasteiger partial charge in [-0.25, -0.2) is 0 Å². The molecule has 0 aliphatic rings. The van der Waals surface area contributed by atoms with Crippen LogP contribution in [-0.4, -0.2) is 18.8 Å². The quantitative estimate of drug-likeness (QED) is 0.831. The van der Waals surface area contributed by atoms with Crippen LogP contribution in [-0.2, 0) is 6.42 Å². The second kappa shape index (κ2) is 4.66. The zero-order chi connectivity index (χ0) is 9.84. The van der Waals surface area contributed by atoms with Crippen molar-refractivity contribution < 1.29 is 9.84 Å². The summed E-state index contributed by atoms with van der Waals surface area (Å²) in [5.41, 5.74) is 6.52. The van der Waals surface area contributed by atoms with Crippen LogP contribution in [0.5, 0.6) is 11.5 Å². The number of phenols is 1. The monoisotopic (exact) mass is 293 g/mol. The van der Waals surface area contributed by atoms with Crippen LogP contribution in [0.4, 0.5) is 0 Å². The predicted molar refractivity (Wildman–Crippen MR) is 60.1 cm³/mol. The van der Waals surface area contributed by atoms with Crippen molar-refractivity contribution in [3.05, 3.63) is 21.3 Å². The summed E-state index contributed by atoms with van der Waals surface area (Å²) in [5.74, 6) is 0.708. The predicted octanol–water partition coefficient (Wildman–Crippen LogP) is 1.51. The van der Waals surface area contributed by atoms with E-state index in [-0.39, 0.29) is 5.75 Å². The summed E-state index contributed by atoms with van der Waals surface area (Å²) < 4.78 is 5.81. The van der Waals surface area contributed by atoms with Crippen LogP contribution in [0.3, 0.4) is 0 Å². The number of methoxy groups -OCH3 is 1. The van der Waals surface area contributed by atoms with Crippen LogP contribution in [0.25, 0.3) is 0 Å². The number of aromatic hydroxyl groups is 1. The van der Waals surface area contributed by atoms with E-state index in [2.05, 4.69) is 22.6 Å². The molecule has 0 bridgehead atoms. The molecule has 0 saturated carbocycles. The zero-order valence-corrected chi connectivity index (χ0v) is 9.54. The molecule has 0 radical (unpaired) electrons. The van der Waals surface area contributed by atoms with Gasteiger partial charge >= 0.3 is 0 Å². The first-order valence-corrected chi connectivity index (χ1v) is 5.02. The van der Waals surface area contributed by atoms with Crippen molar-refractivity contribution in [2.24, 2.45) is 5.73 Å². The molecule has 72 valence electrons. The van der Waals surface area contributed by atoms with Gasteiger partial charge in [0.1, 0.15) is 0 Å². The van der Waals surface area contributed by atoms with Crippen molar-refractivity contribution in [2.75, 3.05) is 13.7 Å². The van der Waals surface area contributed by atoms with E-state index < -0.39 is 0 Å². The van der Waals surface area contributed by atoms with Crippen molar-refractivity contribution in [3.63, 3.8) is 0 Å². The van der Waals surface area contributed by atoms with Gasteiger partial charge in [0, 0.05) is 0 Å². The summed E-state index contributed by atoms with van der Waals surface area (Å²) in [7, 11) is 1.54. The second-order valence-electron chi connectivity index (χ2n) is 2.67. The molecule has 0 amide bonds. The van der Waals surface area contributed by atoms with Gasteiger partial charge in [-0.1, -0.05) is 0 Å². The minimum absolute atomic E-state index is 0.198.